The minimum Gasteiger partial charge on any atom is -0.394 e. The summed E-state index contributed by atoms with van der Waals surface area (Å²) in [4.78, 5) is 24.0. The summed E-state index contributed by atoms with van der Waals surface area (Å²) in [5.41, 5.74) is 0. The van der Waals surface area contributed by atoms with E-state index in [0.29, 0.717) is 0 Å². The van der Waals surface area contributed by atoms with Crippen molar-refractivity contribution in [1.29, 1.82) is 0 Å². The number of rotatable bonds is 11. The molecule has 3 rings (SSSR count). The van der Waals surface area contributed by atoms with Crippen molar-refractivity contribution in [2.75, 3.05) is 19.8 Å². The Balaban J connectivity index is 1.94. The van der Waals surface area contributed by atoms with Crippen molar-refractivity contribution >= 4 is 22.2 Å². The van der Waals surface area contributed by atoms with Crippen LogP contribution in [-0.4, -0.2) is 177 Å². The Morgan fingerprint density at radius 3 is 1.68 bits per heavy atom. The van der Waals surface area contributed by atoms with E-state index in [1.54, 1.807) is 0 Å². The van der Waals surface area contributed by atoms with Crippen molar-refractivity contribution in [2.24, 2.45) is 0 Å². The first-order valence-corrected chi connectivity index (χ1v) is 14.6. The molecule has 0 radical (unpaired) electrons. The van der Waals surface area contributed by atoms with Crippen molar-refractivity contribution in [3.8, 4) is 0 Å². The van der Waals surface area contributed by atoms with Crippen molar-refractivity contribution in [3.63, 3.8) is 0 Å². The lowest BCUT2D eigenvalue weighted by Gasteiger charge is -2.49. The van der Waals surface area contributed by atoms with Gasteiger partial charge in [0.25, 0.3) is 0 Å². The number of amides is 2. The van der Waals surface area contributed by atoms with Crippen LogP contribution in [0, 0.1) is 0 Å². The molecule has 0 aromatic heterocycles. The van der Waals surface area contributed by atoms with Gasteiger partial charge >= 0.3 is 10.4 Å². The molecule has 3 aliphatic heterocycles. The number of hydrogen-bond donors (Lipinski definition) is 11. The van der Waals surface area contributed by atoms with E-state index in [-0.39, 0.29) is 0 Å². The van der Waals surface area contributed by atoms with Gasteiger partial charge in [-0.1, -0.05) is 0 Å². The molecule has 21 nitrogen and oxygen atoms in total. The van der Waals surface area contributed by atoms with Gasteiger partial charge in [0, 0.05) is 13.8 Å². The van der Waals surface area contributed by atoms with E-state index in [0.717, 1.165) is 13.8 Å². The van der Waals surface area contributed by atoms with Crippen LogP contribution in [0.4, 0.5) is 0 Å². The van der Waals surface area contributed by atoms with Crippen LogP contribution in [0.5, 0.6) is 0 Å². The van der Waals surface area contributed by atoms with Crippen LogP contribution in [0.1, 0.15) is 13.8 Å². The van der Waals surface area contributed by atoms with Crippen molar-refractivity contribution in [3.05, 3.63) is 0 Å². The van der Waals surface area contributed by atoms with Crippen molar-refractivity contribution in [2.45, 2.75) is 106 Å². The Bertz CT molecular complexity index is 1080. The molecule has 3 saturated heterocycles. The highest BCUT2D eigenvalue weighted by Gasteiger charge is 2.54. The maximum Gasteiger partial charge on any atom is 0.397 e. The monoisotopic (exact) mass is 666 g/mol. The van der Waals surface area contributed by atoms with Crippen LogP contribution in [0.25, 0.3) is 0 Å². The third kappa shape index (κ3) is 8.75. The Hall–Kier alpha value is -1.71. The molecule has 0 bridgehead atoms. The Labute approximate surface area is 250 Å². The van der Waals surface area contributed by atoms with Crippen LogP contribution < -0.4 is 10.6 Å². The zero-order valence-electron chi connectivity index (χ0n) is 23.3. The molecule has 0 aromatic carbocycles. The Morgan fingerprint density at radius 1 is 0.682 bits per heavy atom. The molecule has 3 fully saturated rings. The second kappa shape index (κ2) is 15.3. The minimum absolute atomic E-state index is 0.689. The molecule has 0 aromatic rings. The molecule has 256 valence electrons. The third-order valence-corrected chi connectivity index (χ3v) is 7.53. The van der Waals surface area contributed by atoms with E-state index >= 15 is 0 Å². The molecule has 15 atom stereocenters. The number of aliphatic hydroxyl groups is 8. The normalized spacial score (nSPS) is 43.3. The summed E-state index contributed by atoms with van der Waals surface area (Å²) in [6.45, 7) is -0.629. The predicted molar refractivity (Wildman–Crippen MR) is 135 cm³/mol. The highest BCUT2D eigenvalue weighted by molar-refractivity contribution is 7.80. The smallest absolute Gasteiger partial charge is 0.394 e. The first kappa shape index (κ1) is 36.8. The largest absolute Gasteiger partial charge is 0.397 e. The molecule has 0 unspecified atom stereocenters. The standard InChI is InChI=1S/C22H38N2O19S/c1-6(27)23-11-18(14(30)8(3-25)39-20(11)34)42-21-12(24-7(2)28)19(15(31)9(4-26)40-21)43-22-17(33)16(32)13(29)10(41-22)5-38-44(35,36)37/h8-22,25-26,29-34H,3-5H2,1-2H3,(H,23,27)(H,24,28)(H,35,36,37)/t8-,9-,10-,11-,12-,13+,14+,15-,16+,17-,18-,19-,20-,21+,22+/m1/s1. The lowest BCUT2D eigenvalue weighted by Crippen LogP contribution is -2.70. The molecule has 0 aliphatic carbocycles. The average molecular weight is 667 g/mol. The summed E-state index contributed by atoms with van der Waals surface area (Å²) >= 11 is 0. The van der Waals surface area contributed by atoms with Crippen LogP contribution >= 0.6 is 0 Å². The van der Waals surface area contributed by atoms with Crippen LogP contribution in [0.2, 0.25) is 0 Å². The van der Waals surface area contributed by atoms with Gasteiger partial charge in [-0.05, 0) is 0 Å². The average Bonchev–Trinajstić information content (AvgIpc) is 2.93. The first-order valence-electron chi connectivity index (χ1n) is 13.2. The van der Waals surface area contributed by atoms with Gasteiger partial charge in [0.2, 0.25) is 11.8 Å². The zero-order valence-corrected chi connectivity index (χ0v) is 24.1. The van der Waals surface area contributed by atoms with Crippen molar-refractivity contribution in [1.82, 2.24) is 10.6 Å². The number of nitrogens with one attached hydrogen (secondary N) is 2. The van der Waals surface area contributed by atoms with E-state index < -0.39 is 134 Å². The molecular weight excluding hydrogens is 628 g/mol. The van der Waals surface area contributed by atoms with Gasteiger partial charge in [-0.3, -0.25) is 14.1 Å². The fraction of sp³-hybridized carbons (Fsp3) is 0.909. The molecule has 0 spiro atoms. The topological polar surface area (TPSA) is 330 Å². The Morgan fingerprint density at radius 2 is 1.16 bits per heavy atom. The summed E-state index contributed by atoms with van der Waals surface area (Å²) in [6.07, 6.45) is -23.3. The summed E-state index contributed by atoms with van der Waals surface area (Å²) in [7, 11) is -5.03. The van der Waals surface area contributed by atoms with Gasteiger partial charge in [-0.2, -0.15) is 8.42 Å². The lowest BCUT2D eigenvalue weighted by molar-refractivity contribution is -0.356. The molecule has 0 saturated carbocycles. The van der Waals surface area contributed by atoms with Crippen LogP contribution in [0.15, 0.2) is 0 Å². The summed E-state index contributed by atoms with van der Waals surface area (Å²) in [5, 5.41) is 87.6. The van der Waals surface area contributed by atoms with Gasteiger partial charge in [-0.25, -0.2) is 4.18 Å². The van der Waals surface area contributed by atoms with E-state index in [4.69, 9.17) is 28.2 Å². The second-order valence-electron chi connectivity index (χ2n) is 10.3. The number of hydrogen-bond acceptors (Lipinski definition) is 18. The Kier molecular flexibility index (Phi) is 12.7. The number of aliphatic hydroxyl groups excluding tert-OH is 8. The molecular formula is C22H38N2O19S. The fourth-order valence-electron chi connectivity index (χ4n) is 5.00. The highest BCUT2D eigenvalue weighted by atomic mass is 32.3. The molecule has 3 aliphatic rings. The first-order chi connectivity index (χ1) is 20.5. The van der Waals surface area contributed by atoms with Gasteiger partial charge < -0.3 is 75.2 Å². The maximum atomic E-state index is 12.2. The second-order valence-corrected chi connectivity index (χ2v) is 11.4. The number of carbonyl (C=O) groups is 2. The lowest BCUT2D eigenvalue weighted by atomic mass is 9.94. The number of ether oxygens (including phenoxy) is 5. The quantitative estimate of drug-likeness (QED) is 0.0912. The number of carbonyl (C=O) groups excluding carboxylic acids is 2. The van der Waals surface area contributed by atoms with E-state index in [1.807, 2.05) is 0 Å². The van der Waals surface area contributed by atoms with Gasteiger partial charge in [0.05, 0.1) is 19.8 Å². The molecule has 44 heavy (non-hydrogen) atoms. The summed E-state index contributed by atoms with van der Waals surface area (Å²) < 4.78 is 62.7. The molecule has 11 N–H and O–H groups in total. The highest BCUT2D eigenvalue weighted by Crippen LogP contribution is 2.32. The van der Waals surface area contributed by atoms with Gasteiger partial charge in [0.1, 0.15) is 73.1 Å². The minimum atomic E-state index is -5.03. The van der Waals surface area contributed by atoms with E-state index in [9.17, 15) is 58.9 Å². The maximum absolute atomic E-state index is 12.2. The third-order valence-electron chi connectivity index (χ3n) is 7.10. The molecule has 3 heterocycles. The van der Waals surface area contributed by atoms with Crippen LogP contribution in [0.3, 0.4) is 0 Å². The van der Waals surface area contributed by atoms with Crippen LogP contribution in [-0.2, 0) is 47.9 Å². The SMILES string of the molecule is CC(=O)N[C@@H]1[C@@H](O[C@@H]2O[C@H](CO)[C@@H](O)[C@H](O[C@@H]3O[C@H](COS(=O)(=O)O)[C@H](O)[C@H](O)[C@H]3O)[C@H]2NC(C)=O)[C@@H](O)[C@@H](CO)O[C@H]1O. The fourth-order valence-corrected chi connectivity index (χ4v) is 5.30. The molecule has 22 heteroatoms. The van der Waals surface area contributed by atoms with E-state index in [1.165, 1.54) is 0 Å². The zero-order chi connectivity index (χ0) is 33.1. The predicted octanol–water partition coefficient (Wildman–Crippen LogP) is -7.46. The summed E-state index contributed by atoms with van der Waals surface area (Å²) in [6, 6.07) is -3.08. The van der Waals surface area contributed by atoms with Gasteiger partial charge in [-0.15, -0.1) is 0 Å². The summed E-state index contributed by atoms with van der Waals surface area (Å²) in [5.74, 6) is -1.46. The molecule has 2 amide bonds. The van der Waals surface area contributed by atoms with Gasteiger partial charge in [0.15, 0.2) is 18.9 Å². The van der Waals surface area contributed by atoms with E-state index in [2.05, 4.69) is 14.8 Å². The van der Waals surface area contributed by atoms with Crippen molar-refractivity contribution < 1.29 is 91.3 Å².